The summed E-state index contributed by atoms with van der Waals surface area (Å²) in [4.78, 5) is 15.8. The van der Waals surface area contributed by atoms with E-state index in [0.29, 0.717) is 12.5 Å². The van der Waals surface area contributed by atoms with Gasteiger partial charge < -0.3 is 15.0 Å². The molecule has 5 heteroatoms. The summed E-state index contributed by atoms with van der Waals surface area (Å²) in [5.41, 5.74) is 0. The Kier molecular flexibility index (Phi) is 7.05. The monoisotopic (exact) mass is 257 g/mol. The van der Waals surface area contributed by atoms with Gasteiger partial charge in [0.1, 0.15) is 0 Å². The molecule has 0 spiro atoms. The van der Waals surface area contributed by atoms with Gasteiger partial charge in [-0.25, -0.2) is 4.79 Å². The van der Waals surface area contributed by atoms with Gasteiger partial charge in [0.2, 0.25) is 0 Å². The first-order valence-electron chi connectivity index (χ1n) is 6.99. The number of hydrogen-bond acceptors (Lipinski definition) is 4. The Labute approximate surface area is 110 Å². The van der Waals surface area contributed by atoms with Crippen molar-refractivity contribution < 1.29 is 9.53 Å². The molecule has 18 heavy (non-hydrogen) atoms. The van der Waals surface area contributed by atoms with Crippen LogP contribution in [-0.2, 0) is 4.74 Å². The van der Waals surface area contributed by atoms with Gasteiger partial charge >= 0.3 is 6.09 Å². The summed E-state index contributed by atoms with van der Waals surface area (Å²) >= 11 is 0. The number of amides is 1. The molecule has 1 atom stereocenters. The maximum absolute atomic E-state index is 11.6. The zero-order chi connectivity index (χ0) is 13.4. The van der Waals surface area contributed by atoms with Crippen LogP contribution < -0.4 is 5.32 Å². The van der Waals surface area contributed by atoms with Crippen LogP contribution in [0.1, 0.15) is 20.3 Å². The number of nitrogens with one attached hydrogen (secondary N) is 1. The molecule has 1 N–H and O–H groups in total. The van der Waals surface area contributed by atoms with Gasteiger partial charge in [-0.2, -0.15) is 0 Å². The largest absolute Gasteiger partial charge is 0.450 e. The van der Waals surface area contributed by atoms with E-state index in [9.17, 15) is 4.79 Å². The number of ether oxygens (including phenoxy) is 1. The van der Waals surface area contributed by atoms with Crippen LogP contribution in [0, 0.1) is 5.92 Å². The molecule has 1 rings (SSSR count). The lowest BCUT2D eigenvalue weighted by Crippen LogP contribution is -2.50. The van der Waals surface area contributed by atoms with Gasteiger partial charge in [-0.1, -0.05) is 13.3 Å². The first-order chi connectivity index (χ1) is 8.71. The van der Waals surface area contributed by atoms with E-state index in [2.05, 4.69) is 17.1 Å². The van der Waals surface area contributed by atoms with Crippen LogP contribution in [0.2, 0.25) is 0 Å². The van der Waals surface area contributed by atoms with Crippen molar-refractivity contribution in [1.29, 1.82) is 0 Å². The maximum Gasteiger partial charge on any atom is 0.409 e. The molecule has 1 amide bonds. The lowest BCUT2D eigenvalue weighted by Gasteiger charge is -2.35. The Morgan fingerprint density at radius 1 is 1.28 bits per heavy atom. The van der Waals surface area contributed by atoms with Crippen molar-refractivity contribution in [2.45, 2.75) is 20.3 Å². The van der Waals surface area contributed by atoms with Crippen LogP contribution in [-0.4, -0.2) is 68.8 Å². The van der Waals surface area contributed by atoms with Gasteiger partial charge in [0, 0.05) is 32.7 Å². The highest BCUT2D eigenvalue weighted by atomic mass is 16.6. The summed E-state index contributed by atoms with van der Waals surface area (Å²) in [6.45, 7) is 10.2. The number of rotatable bonds is 6. The van der Waals surface area contributed by atoms with E-state index >= 15 is 0 Å². The number of carbonyl (C=O) groups excluding carboxylic acids is 1. The van der Waals surface area contributed by atoms with Crippen LogP contribution in [0.25, 0.3) is 0 Å². The molecule has 0 radical (unpaired) electrons. The fraction of sp³-hybridized carbons (Fsp3) is 0.923. The summed E-state index contributed by atoms with van der Waals surface area (Å²) in [5.74, 6) is 0.698. The average molecular weight is 257 g/mol. The van der Waals surface area contributed by atoms with Crippen molar-refractivity contribution in [1.82, 2.24) is 15.1 Å². The molecule has 1 aliphatic heterocycles. The number of carbonyl (C=O) groups is 1. The van der Waals surface area contributed by atoms with Gasteiger partial charge in [-0.15, -0.1) is 0 Å². The lowest BCUT2D eigenvalue weighted by atomic mass is 10.1. The Morgan fingerprint density at radius 2 is 1.94 bits per heavy atom. The third-order valence-electron chi connectivity index (χ3n) is 3.48. The van der Waals surface area contributed by atoms with E-state index in [4.69, 9.17) is 4.74 Å². The number of piperazine rings is 1. The van der Waals surface area contributed by atoms with Crippen LogP contribution in [0.3, 0.4) is 0 Å². The Hall–Kier alpha value is -0.810. The molecule has 0 saturated carbocycles. The molecule has 0 aromatic heterocycles. The van der Waals surface area contributed by atoms with Crippen molar-refractivity contribution in [2.24, 2.45) is 5.92 Å². The summed E-state index contributed by atoms with van der Waals surface area (Å²) in [6, 6.07) is 0. The first kappa shape index (κ1) is 15.2. The fourth-order valence-electron chi connectivity index (χ4n) is 2.32. The van der Waals surface area contributed by atoms with Crippen LogP contribution >= 0.6 is 0 Å². The summed E-state index contributed by atoms with van der Waals surface area (Å²) in [6.07, 6.45) is 1.03. The second-order valence-corrected chi connectivity index (χ2v) is 4.82. The highest BCUT2D eigenvalue weighted by Crippen LogP contribution is 2.09. The van der Waals surface area contributed by atoms with Crippen molar-refractivity contribution in [3.8, 4) is 0 Å². The van der Waals surface area contributed by atoms with E-state index in [0.717, 1.165) is 39.3 Å². The zero-order valence-corrected chi connectivity index (χ0v) is 11.9. The van der Waals surface area contributed by atoms with Crippen LogP contribution in [0.4, 0.5) is 4.79 Å². The SMILES string of the molecule is CCOC(=O)N1CCN(CC(CC)CNC)CC1. The summed E-state index contributed by atoms with van der Waals surface area (Å²) in [5, 5.41) is 3.24. The molecular weight excluding hydrogens is 230 g/mol. The molecule has 1 heterocycles. The van der Waals surface area contributed by atoms with E-state index in [-0.39, 0.29) is 6.09 Å². The number of hydrogen-bond donors (Lipinski definition) is 1. The highest BCUT2D eigenvalue weighted by Gasteiger charge is 2.22. The fourth-order valence-corrected chi connectivity index (χ4v) is 2.32. The molecule has 1 fully saturated rings. The van der Waals surface area contributed by atoms with Crippen LogP contribution in [0.5, 0.6) is 0 Å². The Morgan fingerprint density at radius 3 is 2.44 bits per heavy atom. The topological polar surface area (TPSA) is 44.8 Å². The van der Waals surface area contributed by atoms with Crippen molar-refractivity contribution in [2.75, 3.05) is 52.9 Å². The average Bonchev–Trinajstić information content (AvgIpc) is 2.39. The van der Waals surface area contributed by atoms with E-state index in [1.165, 1.54) is 6.42 Å². The normalized spacial score (nSPS) is 18.7. The second kappa shape index (κ2) is 8.32. The third kappa shape index (κ3) is 4.82. The highest BCUT2D eigenvalue weighted by molar-refractivity contribution is 5.67. The first-order valence-corrected chi connectivity index (χ1v) is 6.99. The van der Waals surface area contributed by atoms with Gasteiger partial charge in [0.25, 0.3) is 0 Å². The Balaban J connectivity index is 2.28. The van der Waals surface area contributed by atoms with Gasteiger partial charge in [-0.3, -0.25) is 4.90 Å². The molecule has 0 aromatic carbocycles. The number of nitrogens with zero attached hydrogens (tertiary/aromatic N) is 2. The smallest absolute Gasteiger partial charge is 0.409 e. The van der Waals surface area contributed by atoms with E-state index in [1.54, 1.807) is 4.90 Å². The predicted octanol–water partition coefficient (Wildman–Crippen LogP) is 1.01. The lowest BCUT2D eigenvalue weighted by molar-refractivity contribution is 0.0750. The minimum atomic E-state index is -0.167. The van der Waals surface area contributed by atoms with Gasteiger partial charge in [0.15, 0.2) is 0 Å². The molecule has 106 valence electrons. The molecule has 0 bridgehead atoms. The summed E-state index contributed by atoms with van der Waals surface area (Å²) in [7, 11) is 2.00. The quantitative estimate of drug-likeness (QED) is 0.771. The molecule has 5 nitrogen and oxygen atoms in total. The molecule has 0 aromatic rings. The van der Waals surface area contributed by atoms with Crippen molar-refractivity contribution in [3.63, 3.8) is 0 Å². The van der Waals surface area contributed by atoms with Crippen molar-refractivity contribution >= 4 is 6.09 Å². The maximum atomic E-state index is 11.6. The molecule has 1 unspecified atom stereocenters. The predicted molar refractivity (Wildman–Crippen MR) is 72.7 cm³/mol. The second-order valence-electron chi connectivity index (χ2n) is 4.82. The van der Waals surface area contributed by atoms with Gasteiger partial charge in [0.05, 0.1) is 6.61 Å². The minimum Gasteiger partial charge on any atom is -0.450 e. The third-order valence-corrected chi connectivity index (χ3v) is 3.48. The van der Waals surface area contributed by atoms with E-state index in [1.807, 2.05) is 14.0 Å². The molecule has 0 aliphatic carbocycles. The Bertz CT molecular complexity index is 240. The van der Waals surface area contributed by atoms with Crippen LogP contribution in [0.15, 0.2) is 0 Å². The van der Waals surface area contributed by atoms with E-state index < -0.39 is 0 Å². The zero-order valence-electron chi connectivity index (χ0n) is 11.9. The minimum absolute atomic E-state index is 0.167. The standard InChI is InChI=1S/C13H27N3O2/c1-4-12(10-14-3)11-15-6-8-16(9-7-15)13(17)18-5-2/h12,14H,4-11H2,1-3H3. The molecular formula is C13H27N3O2. The molecule has 1 aliphatic rings. The summed E-state index contributed by atoms with van der Waals surface area (Å²) < 4.78 is 5.02. The molecule has 1 saturated heterocycles. The van der Waals surface area contributed by atoms with Gasteiger partial charge in [-0.05, 0) is 26.4 Å². The van der Waals surface area contributed by atoms with Crippen molar-refractivity contribution in [3.05, 3.63) is 0 Å².